The zero-order chi connectivity index (χ0) is 13.4. The van der Waals surface area contributed by atoms with Gasteiger partial charge in [0.05, 0.1) is 0 Å². The summed E-state index contributed by atoms with van der Waals surface area (Å²) in [5.41, 5.74) is 0. The summed E-state index contributed by atoms with van der Waals surface area (Å²) < 4.78 is 0. The number of hydrogen-bond acceptors (Lipinski definition) is 2. The Morgan fingerprint density at radius 2 is 2.06 bits per heavy atom. The van der Waals surface area contributed by atoms with Crippen LogP contribution in [0.25, 0.3) is 0 Å². The van der Waals surface area contributed by atoms with E-state index in [1.54, 1.807) is 11.8 Å². The number of thioether (sulfide) groups is 1. The fraction of sp³-hybridized carbons (Fsp3) is 0.462. The number of hydrogen-bond donors (Lipinski definition) is 2. The highest BCUT2D eigenvalue weighted by molar-refractivity contribution is 7.99. The van der Waals surface area contributed by atoms with E-state index in [2.05, 4.69) is 24.5 Å². The average Bonchev–Trinajstić information content (AvgIpc) is 2.36. The standard InChI is InChI=1S/C13H19ClN2S2/c1-3-10(2)16-13(17)15-8-9-18-12-6-4-11(14)5-7-12/h4-7,10H,3,8-9H2,1-2H3,(H2,15,16,17)/t10-/m0/s1. The van der Waals surface area contributed by atoms with Gasteiger partial charge in [0.25, 0.3) is 0 Å². The average molecular weight is 303 g/mol. The lowest BCUT2D eigenvalue weighted by molar-refractivity contribution is 0.634. The molecule has 0 heterocycles. The Balaban J connectivity index is 2.15. The first-order valence-electron chi connectivity index (χ1n) is 6.04. The van der Waals surface area contributed by atoms with Crippen LogP contribution in [0.15, 0.2) is 29.2 Å². The third-order valence-corrected chi connectivity index (χ3v) is 3.99. The lowest BCUT2D eigenvalue weighted by atomic mass is 10.3. The number of rotatable bonds is 6. The highest BCUT2D eigenvalue weighted by atomic mass is 35.5. The highest BCUT2D eigenvalue weighted by Gasteiger charge is 2.00. The van der Waals surface area contributed by atoms with Crippen molar-refractivity contribution in [1.82, 2.24) is 10.6 Å². The largest absolute Gasteiger partial charge is 0.362 e. The topological polar surface area (TPSA) is 24.1 Å². The van der Waals surface area contributed by atoms with Crippen molar-refractivity contribution < 1.29 is 0 Å². The molecule has 0 radical (unpaired) electrons. The molecule has 0 aliphatic rings. The Kier molecular flexibility index (Phi) is 7.47. The minimum atomic E-state index is 0.425. The van der Waals surface area contributed by atoms with E-state index >= 15 is 0 Å². The van der Waals surface area contributed by atoms with E-state index < -0.39 is 0 Å². The van der Waals surface area contributed by atoms with Gasteiger partial charge in [-0.1, -0.05) is 18.5 Å². The number of thiocarbonyl (C=S) groups is 1. The quantitative estimate of drug-likeness (QED) is 0.475. The van der Waals surface area contributed by atoms with Gasteiger partial charge in [-0.05, 0) is 49.8 Å². The van der Waals surface area contributed by atoms with E-state index in [9.17, 15) is 0 Å². The summed E-state index contributed by atoms with van der Waals surface area (Å²) in [6, 6.07) is 8.30. The van der Waals surface area contributed by atoms with Crippen LogP contribution in [0.3, 0.4) is 0 Å². The summed E-state index contributed by atoms with van der Waals surface area (Å²) in [5, 5.41) is 7.94. The van der Waals surface area contributed by atoms with Crippen molar-refractivity contribution >= 4 is 40.7 Å². The Morgan fingerprint density at radius 3 is 2.67 bits per heavy atom. The molecule has 0 saturated carbocycles. The molecule has 100 valence electrons. The van der Waals surface area contributed by atoms with E-state index in [-0.39, 0.29) is 0 Å². The van der Waals surface area contributed by atoms with E-state index in [0.717, 1.165) is 28.9 Å². The molecule has 2 N–H and O–H groups in total. The number of halogens is 1. The van der Waals surface area contributed by atoms with E-state index in [0.29, 0.717) is 6.04 Å². The van der Waals surface area contributed by atoms with Gasteiger partial charge in [0.2, 0.25) is 0 Å². The molecule has 5 heteroatoms. The van der Waals surface area contributed by atoms with Crippen LogP contribution < -0.4 is 10.6 Å². The van der Waals surface area contributed by atoms with Crippen LogP contribution in [0.2, 0.25) is 5.02 Å². The van der Waals surface area contributed by atoms with Crippen molar-refractivity contribution in [1.29, 1.82) is 0 Å². The molecule has 0 unspecified atom stereocenters. The molecule has 0 saturated heterocycles. The van der Waals surface area contributed by atoms with Crippen LogP contribution >= 0.6 is 35.6 Å². The lowest BCUT2D eigenvalue weighted by Gasteiger charge is -2.15. The van der Waals surface area contributed by atoms with Gasteiger partial charge in [0.1, 0.15) is 0 Å². The van der Waals surface area contributed by atoms with Gasteiger partial charge in [-0.3, -0.25) is 0 Å². The van der Waals surface area contributed by atoms with Gasteiger partial charge in [0, 0.05) is 28.3 Å². The molecule has 0 amide bonds. The minimum Gasteiger partial charge on any atom is -0.362 e. The summed E-state index contributed by atoms with van der Waals surface area (Å²) in [6.45, 7) is 5.11. The number of nitrogens with one attached hydrogen (secondary N) is 2. The van der Waals surface area contributed by atoms with Crippen molar-refractivity contribution in [3.05, 3.63) is 29.3 Å². The maximum absolute atomic E-state index is 5.83. The van der Waals surface area contributed by atoms with Gasteiger partial charge in [0.15, 0.2) is 5.11 Å². The Morgan fingerprint density at radius 1 is 1.39 bits per heavy atom. The maximum atomic E-state index is 5.83. The third-order valence-electron chi connectivity index (χ3n) is 2.46. The van der Waals surface area contributed by atoms with Crippen molar-refractivity contribution in [2.45, 2.75) is 31.2 Å². The Labute approximate surface area is 124 Å². The molecule has 0 aliphatic heterocycles. The minimum absolute atomic E-state index is 0.425. The Hall–Kier alpha value is -0.450. The molecule has 0 aliphatic carbocycles. The molecule has 1 aromatic rings. The fourth-order valence-electron chi connectivity index (χ4n) is 1.24. The number of benzene rings is 1. The molecule has 1 rings (SSSR count). The summed E-state index contributed by atoms with van der Waals surface area (Å²) >= 11 is 12.8. The third kappa shape index (κ3) is 6.47. The SMILES string of the molecule is CC[C@H](C)NC(=S)NCCSc1ccc(Cl)cc1. The summed E-state index contributed by atoms with van der Waals surface area (Å²) in [7, 11) is 0. The monoisotopic (exact) mass is 302 g/mol. The smallest absolute Gasteiger partial charge is 0.166 e. The van der Waals surface area contributed by atoms with E-state index in [4.69, 9.17) is 23.8 Å². The molecule has 1 atom stereocenters. The van der Waals surface area contributed by atoms with Crippen LogP contribution in [-0.2, 0) is 0 Å². The first kappa shape index (κ1) is 15.6. The molecule has 0 bridgehead atoms. The van der Waals surface area contributed by atoms with Crippen LogP contribution in [0.5, 0.6) is 0 Å². The van der Waals surface area contributed by atoms with E-state index in [1.165, 1.54) is 4.90 Å². The molecular weight excluding hydrogens is 284 g/mol. The highest BCUT2D eigenvalue weighted by Crippen LogP contribution is 2.19. The maximum Gasteiger partial charge on any atom is 0.166 e. The van der Waals surface area contributed by atoms with E-state index in [1.807, 2.05) is 24.3 Å². The summed E-state index contributed by atoms with van der Waals surface area (Å²) in [6.07, 6.45) is 1.07. The first-order valence-corrected chi connectivity index (χ1v) is 7.81. The van der Waals surface area contributed by atoms with Crippen molar-refractivity contribution in [3.8, 4) is 0 Å². The molecule has 18 heavy (non-hydrogen) atoms. The summed E-state index contributed by atoms with van der Waals surface area (Å²) in [5.74, 6) is 0.976. The molecule has 0 fully saturated rings. The van der Waals surface area contributed by atoms with Gasteiger partial charge < -0.3 is 10.6 Å². The van der Waals surface area contributed by atoms with Crippen LogP contribution in [-0.4, -0.2) is 23.5 Å². The van der Waals surface area contributed by atoms with Gasteiger partial charge in [-0.15, -0.1) is 11.8 Å². The summed E-state index contributed by atoms with van der Waals surface area (Å²) in [4.78, 5) is 1.22. The molecule has 0 spiro atoms. The predicted octanol–water partition coefficient (Wildman–Crippen LogP) is 3.69. The second kappa shape index (κ2) is 8.62. The molecular formula is C13H19ClN2S2. The van der Waals surface area contributed by atoms with Crippen LogP contribution in [0.4, 0.5) is 0 Å². The van der Waals surface area contributed by atoms with Crippen LogP contribution in [0.1, 0.15) is 20.3 Å². The second-order valence-corrected chi connectivity index (χ2v) is 6.02. The van der Waals surface area contributed by atoms with Gasteiger partial charge in [-0.2, -0.15) is 0 Å². The van der Waals surface area contributed by atoms with Gasteiger partial charge >= 0.3 is 0 Å². The first-order chi connectivity index (χ1) is 8.61. The van der Waals surface area contributed by atoms with Crippen molar-refractivity contribution in [2.24, 2.45) is 0 Å². The predicted molar refractivity (Wildman–Crippen MR) is 85.7 cm³/mol. The normalized spacial score (nSPS) is 11.9. The molecule has 1 aromatic carbocycles. The molecule has 0 aromatic heterocycles. The zero-order valence-electron chi connectivity index (χ0n) is 10.7. The van der Waals surface area contributed by atoms with Crippen molar-refractivity contribution in [2.75, 3.05) is 12.3 Å². The fourth-order valence-corrected chi connectivity index (χ4v) is 2.44. The van der Waals surface area contributed by atoms with Crippen LogP contribution in [0, 0.1) is 0 Å². The van der Waals surface area contributed by atoms with Gasteiger partial charge in [-0.25, -0.2) is 0 Å². The van der Waals surface area contributed by atoms with Crippen molar-refractivity contribution in [3.63, 3.8) is 0 Å². The Bertz CT molecular complexity index is 368. The zero-order valence-corrected chi connectivity index (χ0v) is 13.1. The molecule has 2 nitrogen and oxygen atoms in total. The second-order valence-electron chi connectivity index (χ2n) is 4.01. The lowest BCUT2D eigenvalue weighted by Crippen LogP contribution is -2.41.